The van der Waals surface area contributed by atoms with Crippen molar-refractivity contribution in [2.45, 2.75) is 40.7 Å². The first-order valence-corrected chi connectivity index (χ1v) is 8.90. The molecule has 1 aromatic heterocycles. The molecular formula is C23H25N3. The van der Waals surface area contributed by atoms with Crippen LogP contribution in [-0.4, -0.2) is 11.1 Å². The second kappa shape index (κ2) is 6.17. The highest BCUT2D eigenvalue weighted by molar-refractivity contribution is 5.88. The van der Waals surface area contributed by atoms with Gasteiger partial charge in [0, 0.05) is 39.0 Å². The van der Waals surface area contributed by atoms with Crippen LogP contribution in [0.1, 0.15) is 34.7 Å². The Morgan fingerprint density at radius 1 is 1.00 bits per heavy atom. The van der Waals surface area contributed by atoms with Gasteiger partial charge in [-0.3, -0.25) is 4.98 Å². The first kappa shape index (κ1) is 13.4. The highest BCUT2D eigenvalue weighted by Crippen LogP contribution is 2.38. The summed E-state index contributed by atoms with van der Waals surface area (Å²) in [6, 6.07) is 13.7. The van der Waals surface area contributed by atoms with Gasteiger partial charge in [-0.1, -0.05) is 24.3 Å². The fraction of sp³-hybridized carbons (Fsp3) is 0.261. The molecule has 0 spiro atoms. The normalized spacial score (nSPS) is 19.3. The highest BCUT2D eigenvalue weighted by Gasteiger charge is 2.31. The number of hydrogen-bond donors (Lipinski definition) is 0. The van der Waals surface area contributed by atoms with Gasteiger partial charge in [-0.15, -0.1) is 0 Å². The van der Waals surface area contributed by atoms with Gasteiger partial charge >= 0.3 is 0 Å². The molecular weight excluding hydrogens is 318 g/mol. The summed E-state index contributed by atoms with van der Waals surface area (Å²) in [5.41, 5.74) is 6.43. The van der Waals surface area contributed by atoms with E-state index in [-0.39, 0.29) is 6.17 Å². The van der Waals surface area contributed by atoms with E-state index < -0.39 is 6.85 Å². The molecule has 2 aromatic carbocycles. The van der Waals surface area contributed by atoms with Crippen LogP contribution in [-0.2, 0) is 0 Å². The van der Waals surface area contributed by atoms with Gasteiger partial charge in [-0.2, -0.15) is 0 Å². The summed E-state index contributed by atoms with van der Waals surface area (Å²) in [6.45, 7) is 6.09. The van der Waals surface area contributed by atoms with Crippen molar-refractivity contribution in [3.8, 4) is 0 Å². The van der Waals surface area contributed by atoms with Crippen molar-refractivity contribution < 1.29 is 4.11 Å². The lowest BCUT2D eigenvalue weighted by Gasteiger charge is -2.33. The fourth-order valence-electron chi connectivity index (χ4n) is 3.98. The van der Waals surface area contributed by atoms with Crippen LogP contribution in [0.25, 0.3) is 10.9 Å². The molecule has 26 heavy (non-hydrogen) atoms. The predicted octanol–water partition coefficient (Wildman–Crippen LogP) is 5.69. The maximum Gasteiger partial charge on any atom is 0.107 e. The molecule has 1 atom stereocenters. The summed E-state index contributed by atoms with van der Waals surface area (Å²) in [5, 5.41) is 1.13. The van der Waals surface area contributed by atoms with Gasteiger partial charge in [0.1, 0.15) is 6.17 Å². The lowest BCUT2D eigenvalue weighted by atomic mass is 10.1. The first-order chi connectivity index (χ1) is 13.7. The summed E-state index contributed by atoms with van der Waals surface area (Å²) in [7, 11) is 0. The van der Waals surface area contributed by atoms with Gasteiger partial charge < -0.3 is 9.80 Å². The van der Waals surface area contributed by atoms with Crippen molar-refractivity contribution in [2.75, 3.05) is 9.80 Å². The van der Waals surface area contributed by atoms with E-state index in [1.54, 1.807) is 12.3 Å². The van der Waals surface area contributed by atoms with Crippen LogP contribution in [0.15, 0.2) is 60.6 Å². The highest BCUT2D eigenvalue weighted by atomic mass is 15.4. The SMILES string of the molecule is [2H]C([2H])([2H])c1cccc(C)c1N1C=C(C)N(c2ccc3ncccc3c2C)[C@H]1C. The second-order valence-electron chi connectivity index (χ2n) is 6.93. The first-order valence-electron chi connectivity index (χ1n) is 10.4. The summed E-state index contributed by atoms with van der Waals surface area (Å²) in [5.74, 6) is 0. The van der Waals surface area contributed by atoms with E-state index in [2.05, 4.69) is 53.9 Å². The Labute approximate surface area is 159 Å². The number of aromatic nitrogens is 1. The van der Waals surface area contributed by atoms with Crippen molar-refractivity contribution in [2.24, 2.45) is 0 Å². The van der Waals surface area contributed by atoms with Crippen LogP contribution >= 0.6 is 0 Å². The maximum absolute atomic E-state index is 7.99. The smallest absolute Gasteiger partial charge is 0.107 e. The number of hydrogen-bond acceptors (Lipinski definition) is 3. The topological polar surface area (TPSA) is 19.4 Å². The molecule has 0 amide bonds. The third-order valence-corrected chi connectivity index (χ3v) is 5.26. The standard InChI is InChI=1S/C23H25N3/c1-15-8-6-9-16(2)23(15)25-14-17(3)26(19(25)5)22-12-11-21-20(18(22)4)10-7-13-24-21/h6-14,19H,1-5H3/t19-/m0/s1/i1D3. The van der Waals surface area contributed by atoms with E-state index >= 15 is 0 Å². The Morgan fingerprint density at radius 3 is 2.62 bits per heavy atom. The third kappa shape index (κ3) is 2.47. The summed E-state index contributed by atoms with van der Waals surface area (Å²) in [6.07, 6.45) is 3.81. The molecule has 0 radical (unpaired) electrons. The monoisotopic (exact) mass is 346 g/mol. The van der Waals surface area contributed by atoms with E-state index in [1.165, 1.54) is 0 Å². The molecule has 3 aromatic rings. The van der Waals surface area contributed by atoms with Gasteiger partial charge in [-0.05, 0) is 69.4 Å². The Kier molecular flexibility index (Phi) is 3.18. The van der Waals surface area contributed by atoms with Crippen LogP contribution in [0.2, 0.25) is 0 Å². The van der Waals surface area contributed by atoms with Gasteiger partial charge in [-0.25, -0.2) is 0 Å². The van der Waals surface area contributed by atoms with E-state index in [9.17, 15) is 0 Å². The second-order valence-corrected chi connectivity index (χ2v) is 6.93. The van der Waals surface area contributed by atoms with Gasteiger partial charge in [0.25, 0.3) is 0 Å². The largest absolute Gasteiger partial charge is 0.325 e. The number of nitrogens with zero attached hydrogens (tertiary/aromatic N) is 3. The Bertz CT molecular complexity index is 1120. The van der Waals surface area contributed by atoms with Gasteiger partial charge in [0.15, 0.2) is 0 Å². The molecule has 1 aliphatic rings. The predicted molar refractivity (Wildman–Crippen MR) is 111 cm³/mol. The Hall–Kier alpha value is -2.81. The molecule has 132 valence electrons. The molecule has 3 heteroatoms. The molecule has 0 fully saturated rings. The lowest BCUT2D eigenvalue weighted by molar-refractivity contribution is 0.733. The average molecular weight is 346 g/mol. The van der Waals surface area contributed by atoms with Crippen LogP contribution in [0.4, 0.5) is 11.4 Å². The number of benzene rings is 2. The summed E-state index contributed by atoms with van der Waals surface area (Å²) in [4.78, 5) is 8.80. The van der Waals surface area contributed by atoms with Crippen molar-refractivity contribution >= 4 is 22.3 Å². The number of pyridine rings is 1. The van der Waals surface area contributed by atoms with Crippen LogP contribution in [0.5, 0.6) is 0 Å². The van der Waals surface area contributed by atoms with Crippen molar-refractivity contribution in [1.29, 1.82) is 0 Å². The Balaban J connectivity index is 1.82. The van der Waals surface area contributed by atoms with E-state index in [0.717, 1.165) is 39.1 Å². The molecule has 0 bridgehead atoms. The zero-order valence-electron chi connectivity index (χ0n) is 18.6. The zero-order chi connectivity index (χ0) is 20.9. The molecule has 3 nitrogen and oxygen atoms in total. The summed E-state index contributed by atoms with van der Waals surface area (Å²) >= 11 is 0. The van der Waals surface area contributed by atoms with Crippen molar-refractivity contribution in [1.82, 2.24) is 4.98 Å². The molecule has 1 aliphatic heterocycles. The molecule has 0 saturated carbocycles. The number of rotatable bonds is 2. The van der Waals surface area contributed by atoms with Crippen molar-refractivity contribution in [3.63, 3.8) is 0 Å². The number of fused-ring (bicyclic) bond motifs is 1. The van der Waals surface area contributed by atoms with Crippen LogP contribution < -0.4 is 9.80 Å². The summed E-state index contributed by atoms with van der Waals surface area (Å²) < 4.78 is 24.0. The van der Waals surface area contributed by atoms with Gasteiger partial charge in [0.05, 0.1) is 5.52 Å². The van der Waals surface area contributed by atoms with E-state index in [4.69, 9.17) is 4.11 Å². The number of aryl methyl sites for hydroxylation is 3. The minimum atomic E-state index is -2.17. The number of allylic oxidation sites excluding steroid dienone is 1. The van der Waals surface area contributed by atoms with Crippen LogP contribution in [0.3, 0.4) is 0 Å². The molecule has 2 heterocycles. The van der Waals surface area contributed by atoms with Crippen LogP contribution in [0, 0.1) is 20.7 Å². The van der Waals surface area contributed by atoms with Gasteiger partial charge in [0.2, 0.25) is 0 Å². The molecule has 0 saturated heterocycles. The molecule has 0 N–H and O–H groups in total. The minimum Gasteiger partial charge on any atom is -0.325 e. The van der Waals surface area contributed by atoms with Crippen molar-refractivity contribution in [3.05, 3.63) is 77.2 Å². The van der Waals surface area contributed by atoms with E-state index in [0.29, 0.717) is 5.56 Å². The number of para-hydroxylation sites is 1. The molecule has 0 aliphatic carbocycles. The van der Waals surface area contributed by atoms with E-state index in [1.807, 2.05) is 31.2 Å². The number of anilines is 2. The molecule has 4 rings (SSSR count). The fourth-order valence-corrected chi connectivity index (χ4v) is 3.98. The average Bonchev–Trinajstić information content (AvgIpc) is 2.95. The molecule has 0 unspecified atom stereocenters. The third-order valence-electron chi connectivity index (χ3n) is 5.26. The maximum atomic E-state index is 7.99. The quantitative estimate of drug-likeness (QED) is 0.594. The minimum absolute atomic E-state index is 0.0509. The lowest BCUT2D eigenvalue weighted by Crippen LogP contribution is -2.38. The zero-order valence-corrected chi connectivity index (χ0v) is 15.6. The Morgan fingerprint density at radius 2 is 1.81 bits per heavy atom.